The van der Waals surface area contributed by atoms with Crippen molar-refractivity contribution in [2.24, 2.45) is 11.7 Å². The van der Waals surface area contributed by atoms with E-state index in [0.29, 0.717) is 4.47 Å². The van der Waals surface area contributed by atoms with Gasteiger partial charge in [0.2, 0.25) is 0 Å². The molecule has 1 saturated carbocycles. The number of rotatable bonds is 2. The second kappa shape index (κ2) is 5.04. The van der Waals surface area contributed by atoms with E-state index in [1.807, 2.05) is 0 Å². The normalized spacial score (nSPS) is 24.0. The SMILES string of the molecule is NC1CCCC1C(=O)c1ccc(Br)c(Cl)c1F. The highest BCUT2D eigenvalue weighted by molar-refractivity contribution is 9.10. The fourth-order valence-corrected chi connectivity index (χ4v) is 2.70. The molecule has 1 aromatic carbocycles. The number of carbonyl (C=O) groups is 1. The molecule has 0 amide bonds. The topological polar surface area (TPSA) is 43.1 Å². The van der Waals surface area contributed by atoms with Crippen molar-refractivity contribution in [3.8, 4) is 0 Å². The zero-order valence-electron chi connectivity index (χ0n) is 9.05. The number of hydrogen-bond donors (Lipinski definition) is 1. The first-order valence-electron chi connectivity index (χ1n) is 5.45. The number of Topliss-reactive ketones (excluding diaryl/α,β-unsaturated/α-hetero) is 1. The van der Waals surface area contributed by atoms with Crippen LogP contribution in [0.5, 0.6) is 0 Å². The lowest BCUT2D eigenvalue weighted by atomic mass is 9.93. The summed E-state index contributed by atoms with van der Waals surface area (Å²) in [4.78, 5) is 12.1. The standard InChI is InChI=1S/C12H12BrClFNO/c13-8-5-4-7(11(15)10(8)14)12(17)6-2-1-3-9(6)16/h4-6,9H,1-3,16H2. The van der Waals surface area contributed by atoms with Gasteiger partial charge in [0.1, 0.15) is 0 Å². The third kappa shape index (κ3) is 2.39. The van der Waals surface area contributed by atoms with E-state index in [0.717, 1.165) is 19.3 Å². The highest BCUT2D eigenvalue weighted by Gasteiger charge is 2.32. The lowest BCUT2D eigenvalue weighted by Gasteiger charge is -2.15. The molecule has 2 nitrogen and oxygen atoms in total. The van der Waals surface area contributed by atoms with Crippen molar-refractivity contribution in [1.29, 1.82) is 0 Å². The van der Waals surface area contributed by atoms with Crippen LogP contribution in [-0.2, 0) is 0 Å². The van der Waals surface area contributed by atoms with Crippen LogP contribution in [-0.4, -0.2) is 11.8 Å². The van der Waals surface area contributed by atoms with Crippen molar-refractivity contribution in [2.75, 3.05) is 0 Å². The maximum atomic E-state index is 13.9. The second-order valence-electron chi connectivity index (χ2n) is 4.29. The Hall–Kier alpha value is -0.450. The molecular weight excluding hydrogens is 308 g/mol. The van der Waals surface area contributed by atoms with Crippen molar-refractivity contribution in [3.05, 3.63) is 33.0 Å². The minimum absolute atomic E-state index is 0.0422. The highest BCUT2D eigenvalue weighted by Crippen LogP contribution is 2.32. The van der Waals surface area contributed by atoms with Crippen LogP contribution in [0.1, 0.15) is 29.6 Å². The van der Waals surface area contributed by atoms with Crippen molar-refractivity contribution < 1.29 is 9.18 Å². The number of nitrogens with two attached hydrogens (primary N) is 1. The van der Waals surface area contributed by atoms with Gasteiger partial charge in [0.25, 0.3) is 0 Å². The number of carbonyl (C=O) groups excluding carboxylic acids is 1. The quantitative estimate of drug-likeness (QED) is 0.669. The molecule has 1 fully saturated rings. The van der Waals surface area contributed by atoms with Gasteiger partial charge in [-0.1, -0.05) is 18.0 Å². The van der Waals surface area contributed by atoms with Gasteiger partial charge in [-0.15, -0.1) is 0 Å². The molecule has 17 heavy (non-hydrogen) atoms. The summed E-state index contributed by atoms with van der Waals surface area (Å²) in [6.07, 6.45) is 2.47. The Kier molecular flexibility index (Phi) is 3.85. The van der Waals surface area contributed by atoms with Crippen molar-refractivity contribution >= 4 is 33.3 Å². The number of benzene rings is 1. The van der Waals surface area contributed by atoms with Gasteiger partial charge in [-0.2, -0.15) is 0 Å². The second-order valence-corrected chi connectivity index (χ2v) is 5.52. The zero-order chi connectivity index (χ0) is 12.6. The van der Waals surface area contributed by atoms with Crippen LogP contribution in [0.25, 0.3) is 0 Å². The van der Waals surface area contributed by atoms with E-state index in [-0.39, 0.29) is 28.3 Å². The van der Waals surface area contributed by atoms with Gasteiger partial charge in [-0.3, -0.25) is 4.79 Å². The molecule has 2 unspecified atom stereocenters. The Labute approximate surface area is 112 Å². The summed E-state index contributed by atoms with van der Waals surface area (Å²) < 4.78 is 14.3. The third-order valence-corrected chi connectivity index (χ3v) is 4.47. The van der Waals surface area contributed by atoms with Gasteiger partial charge in [0, 0.05) is 16.4 Å². The van der Waals surface area contributed by atoms with Gasteiger partial charge >= 0.3 is 0 Å². The van der Waals surface area contributed by atoms with Gasteiger partial charge in [0.05, 0.1) is 10.6 Å². The molecule has 1 aliphatic carbocycles. The smallest absolute Gasteiger partial charge is 0.170 e. The maximum absolute atomic E-state index is 13.9. The maximum Gasteiger partial charge on any atom is 0.170 e. The van der Waals surface area contributed by atoms with E-state index in [1.54, 1.807) is 6.07 Å². The molecule has 2 rings (SSSR count). The first-order valence-corrected chi connectivity index (χ1v) is 6.62. The summed E-state index contributed by atoms with van der Waals surface area (Å²) in [6, 6.07) is 2.88. The fourth-order valence-electron chi connectivity index (χ4n) is 2.23. The molecule has 1 aliphatic rings. The number of ketones is 1. The molecule has 0 radical (unpaired) electrons. The first-order chi connectivity index (χ1) is 8.02. The van der Waals surface area contributed by atoms with Crippen LogP contribution >= 0.6 is 27.5 Å². The third-order valence-electron chi connectivity index (χ3n) is 3.21. The molecular formula is C12H12BrClFNO. The predicted molar refractivity (Wildman–Crippen MR) is 68.8 cm³/mol. The summed E-state index contributed by atoms with van der Waals surface area (Å²) >= 11 is 8.88. The molecule has 92 valence electrons. The lowest BCUT2D eigenvalue weighted by molar-refractivity contribution is 0.0909. The van der Waals surface area contributed by atoms with Crippen LogP contribution in [0.3, 0.4) is 0 Å². The average Bonchev–Trinajstić information content (AvgIpc) is 2.72. The van der Waals surface area contributed by atoms with Crippen LogP contribution in [0.15, 0.2) is 16.6 Å². The largest absolute Gasteiger partial charge is 0.327 e. The highest BCUT2D eigenvalue weighted by atomic mass is 79.9. The van der Waals surface area contributed by atoms with E-state index in [9.17, 15) is 9.18 Å². The van der Waals surface area contributed by atoms with Crippen molar-refractivity contribution in [1.82, 2.24) is 0 Å². The fraction of sp³-hybridized carbons (Fsp3) is 0.417. The van der Waals surface area contributed by atoms with Crippen LogP contribution in [0.2, 0.25) is 5.02 Å². The summed E-state index contributed by atoms with van der Waals surface area (Å²) in [6.45, 7) is 0. The van der Waals surface area contributed by atoms with Gasteiger partial charge in [-0.25, -0.2) is 4.39 Å². The van der Waals surface area contributed by atoms with Crippen LogP contribution in [0, 0.1) is 11.7 Å². The molecule has 2 atom stereocenters. The molecule has 0 aliphatic heterocycles. The van der Waals surface area contributed by atoms with E-state index in [4.69, 9.17) is 17.3 Å². The lowest BCUT2D eigenvalue weighted by Crippen LogP contribution is -2.31. The Balaban J connectivity index is 2.34. The predicted octanol–water partition coefficient (Wildman–Crippen LogP) is 3.55. The number of halogens is 3. The van der Waals surface area contributed by atoms with E-state index in [2.05, 4.69) is 15.9 Å². The first kappa shape index (κ1) is 13.0. The average molecular weight is 321 g/mol. The van der Waals surface area contributed by atoms with Crippen LogP contribution < -0.4 is 5.73 Å². The number of hydrogen-bond acceptors (Lipinski definition) is 2. The molecule has 0 bridgehead atoms. The van der Waals surface area contributed by atoms with E-state index >= 15 is 0 Å². The van der Waals surface area contributed by atoms with Crippen molar-refractivity contribution in [3.63, 3.8) is 0 Å². The molecule has 2 N–H and O–H groups in total. The Bertz CT molecular complexity index is 466. The van der Waals surface area contributed by atoms with Gasteiger partial charge < -0.3 is 5.73 Å². The van der Waals surface area contributed by atoms with Crippen molar-refractivity contribution in [2.45, 2.75) is 25.3 Å². The molecule has 0 spiro atoms. The van der Waals surface area contributed by atoms with E-state index < -0.39 is 5.82 Å². The summed E-state index contributed by atoms with van der Waals surface area (Å²) in [5, 5.41) is -0.0533. The minimum Gasteiger partial charge on any atom is -0.327 e. The van der Waals surface area contributed by atoms with Gasteiger partial charge in [-0.05, 0) is 40.9 Å². The molecule has 0 aromatic heterocycles. The van der Waals surface area contributed by atoms with Gasteiger partial charge in [0.15, 0.2) is 11.6 Å². The molecule has 5 heteroatoms. The molecule has 0 saturated heterocycles. The Morgan fingerprint density at radius 1 is 1.47 bits per heavy atom. The summed E-state index contributed by atoms with van der Waals surface area (Å²) in [5.74, 6) is -1.17. The summed E-state index contributed by atoms with van der Waals surface area (Å²) in [7, 11) is 0. The Morgan fingerprint density at radius 2 is 2.18 bits per heavy atom. The molecule has 0 heterocycles. The molecule has 1 aromatic rings. The Morgan fingerprint density at radius 3 is 2.76 bits per heavy atom. The summed E-state index contributed by atoms with van der Waals surface area (Å²) in [5.41, 5.74) is 5.89. The monoisotopic (exact) mass is 319 g/mol. The zero-order valence-corrected chi connectivity index (χ0v) is 11.4. The van der Waals surface area contributed by atoms with E-state index in [1.165, 1.54) is 6.07 Å². The minimum atomic E-state index is -0.662. The van der Waals surface area contributed by atoms with Crippen LogP contribution in [0.4, 0.5) is 4.39 Å².